The number of ether oxygens (including phenoxy) is 2. The van der Waals surface area contributed by atoms with Gasteiger partial charge in [-0.1, -0.05) is 142 Å². The van der Waals surface area contributed by atoms with Gasteiger partial charge in [-0.3, -0.25) is 14.1 Å². The summed E-state index contributed by atoms with van der Waals surface area (Å²) in [6.07, 6.45) is 24.9. The molecular formula is C30H60Na2O7S. The van der Waals surface area contributed by atoms with E-state index in [0.29, 0.717) is 12.8 Å². The standard InChI is InChI=1S/C30H58O7S.2Na.2H/c1-3-5-7-9-11-13-15-16-18-19-21-23-25-36-29(31)27-28(38(33,34)35)30(32)37-26-24-22-20-17-14-12-10-8-6-4-2;;;;/h28H,3-27H2,1-2H3,(H,33,34,35);;;;/q;2*+1;2*-1. The van der Waals surface area contributed by atoms with Gasteiger partial charge in [-0.25, -0.2) is 0 Å². The number of unbranched alkanes of at least 4 members (excludes halogenated alkanes) is 20. The Bertz CT molecular complexity index is 687. The van der Waals surface area contributed by atoms with Gasteiger partial charge in [-0.15, -0.1) is 0 Å². The maximum absolute atomic E-state index is 12.2. The molecule has 0 amide bonds. The molecule has 0 saturated carbocycles. The summed E-state index contributed by atoms with van der Waals surface area (Å²) < 4.78 is 42.9. The van der Waals surface area contributed by atoms with Crippen molar-refractivity contribution in [3.8, 4) is 0 Å². The fourth-order valence-electron chi connectivity index (χ4n) is 4.50. The quantitative estimate of drug-likeness (QED) is 0.0628. The van der Waals surface area contributed by atoms with E-state index in [9.17, 15) is 22.6 Å². The number of hydrogen-bond donors (Lipinski definition) is 1. The summed E-state index contributed by atoms with van der Waals surface area (Å²) in [6.45, 7) is 4.70. The van der Waals surface area contributed by atoms with Crippen LogP contribution in [-0.2, 0) is 29.2 Å². The zero-order valence-electron chi connectivity index (χ0n) is 28.6. The van der Waals surface area contributed by atoms with Gasteiger partial charge in [0.25, 0.3) is 10.1 Å². The van der Waals surface area contributed by atoms with Gasteiger partial charge in [0.15, 0.2) is 5.25 Å². The first-order valence-corrected chi connectivity index (χ1v) is 17.1. The molecule has 0 aromatic rings. The molecule has 0 aliphatic carbocycles. The smallest absolute Gasteiger partial charge is 1.00 e. The van der Waals surface area contributed by atoms with E-state index in [4.69, 9.17) is 9.47 Å². The van der Waals surface area contributed by atoms with E-state index in [2.05, 4.69) is 13.8 Å². The molecule has 0 rings (SSSR count). The molecule has 0 fully saturated rings. The summed E-state index contributed by atoms with van der Waals surface area (Å²) in [4.78, 5) is 24.3. The molecule has 0 heterocycles. The zero-order chi connectivity index (χ0) is 28.3. The first-order valence-electron chi connectivity index (χ1n) is 15.6. The van der Waals surface area contributed by atoms with Gasteiger partial charge in [0, 0.05) is 0 Å². The van der Waals surface area contributed by atoms with Crippen LogP contribution >= 0.6 is 0 Å². The van der Waals surface area contributed by atoms with Gasteiger partial charge in [-0.05, 0) is 12.8 Å². The molecule has 0 saturated heterocycles. The predicted molar refractivity (Wildman–Crippen MR) is 157 cm³/mol. The molecule has 1 N–H and O–H groups in total. The Morgan fingerprint density at radius 2 is 0.875 bits per heavy atom. The topological polar surface area (TPSA) is 107 Å². The Morgan fingerprint density at radius 3 is 1.20 bits per heavy atom. The second-order valence-corrected chi connectivity index (χ2v) is 12.3. The van der Waals surface area contributed by atoms with Gasteiger partial charge in [0.05, 0.1) is 19.6 Å². The van der Waals surface area contributed by atoms with Crippen molar-refractivity contribution in [3.63, 3.8) is 0 Å². The van der Waals surface area contributed by atoms with Crippen LogP contribution in [0, 0.1) is 0 Å². The van der Waals surface area contributed by atoms with Crippen LogP contribution in [0.5, 0.6) is 0 Å². The molecule has 230 valence electrons. The van der Waals surface area contributed by atoms with E-state index in [0.717, 1.165) is 32.1 Å². The van der Waals surface area contributed by atoms with Crippen molar-refractivity contribution in [2.45, 2.75) is 167 Å². The Hall–Kier alpha value is 0.850. The third-order valence-corrected chi connectivity index (χ3v) is 8.06. The monoisotopic (exact) mass is 610 g/mol. The van der Waals surface area contributed by atoms with Crippen LogP contribution in [0.4, 0.5) is 0 Å². The Kier molecular flexibility index (Phi) is 37.1. The van der Waals surface area contributed by atoms with Gasteiger partial charge in [-0.2, -0.15) is 8.42 Å². The minimum Gasteiger partial charge on any atom is -1.00 e. The third kappa shape index (κ3) is 30.3. The van der Waals surface area contributed by atoms with Crippen molar-refractivity contribution < 1.29 is 94.0 Å². The van der Waals surface area contributed by atoms with Crippen LogP contribution in [0.15, 0.2) is 0 Å². The summed E-state index contributed by atoms with van der Waals surface area (Å²) >= 11 is 0. The van der Waals surface area contributed by atoms with Crippen LogP contribution in [-0.4, -0.2) is 43.4 Å². The minimum atomic E-state index is -4.76. The second kappa shape index (κ2) is 32.8. The molecule has 0 spiro atoms. The van der Waals surface area contributed by atoms with Gasteiger partial charge >= 0.3 is 71.1 Å². The van der Waals surface area contributed by atoms with E-state index in [-0.39, 0.29) is 75.2 Å². The molecule has 7 nitrogen and oxygen atoms in total. The normalized spacial score (nSPS) is 11.8. The van der Waals surface area contributed by atoms with Crippen LogP contribution in [0.1, 0.15) is 164 Å². The summed E-state index contributed by atoms with van der Waals surface area (Å²) in [5.41, 5.74) is 0. The van der Waals surface area contributed by atoms with E-state index in [1.807, 2.05) is 0 Å². The molecule has 0 aliphatic rings. The average Bonchev–Trinajstić information content (AvgIpc) is 2.87. The molecule has 10 heteroatoms. The first-order chi connectivity index (χ1) is 18.3. The van der Waals surface area contributed by atoms with E-state index in [1.54, 1.807) is 0 Å². The number of carbonyl (C=O) groups is 2. The fraction of sp³-hybridized carbons (Fsp3) is 0.933. The van der Waals surface area contributed by atoms with Crippen molar-refractivity contribution in [1.29, 1.82) is 0 Å². The zero-order valence-corrected chi connectivity index (χ0v) is 31.4. The van der Waals surface area contributed by atoms with E-state index >= 15 is 0 Å². The van der Waals surface area contributed by atoms with Gasteiger partial charge < -0.3 is 12.3 Å². The van der Waals surface area contributed by atoms with Crippen LogP contribution in [0.2, 0.25) is 0 Å². The largest absolute Gasteiger partial charge is 1.00 e. The Labute approximate surface area is 293 Å². The van der Waals surface area contributed by atoms with Crippen molar-refractivity contribution in [3.05, 3.63) is 0 Å². The molecule has 0 aromatic heterocycles. The predicted octanol–water partition coefficient (Wildman–Crippen LogP) is 2.57. The summed E-state index contributed by atoms with van der Waals surface area (Å²) in [7, 11) is -4.76. The molecule has 0 aliphatic heterocycles. The number of hydrogen-bond acceptors (Lipinski definition) is 6. The maximum Gasteiger partial charge on any atom is 1.00 e. The van der Waals surface area contributed by atoms with Gasteiger partial charge in [0.1, 0.15) is 0 Å². The summed E-state index contributed by atoms with van der Waals surface area (Å²) in [6, 6.07) is 0. The SMILES string of the molecule is CCCCCCCCCCCCCCOC(=O)CC(C(=O)OCCCCCCCCCCCC)S(=O)(=O)O.[H-].[H-].[Na+].[Na+]. The molecule has 0 aromatic carbocycles. The van der Waals surface area contributed by atoms with Crippen molar-refractivity contribution in [1.82, 2.24) is 0 Å². The first kappa shape index (κ1) is 45.3. The number of carbonyl (C=O) groups excluding carboxylic acids is 2. The molecule has 0 bridgehead atoms. The van der Waals surface area contributed by atoms with Crippen molar-refractivity contribution in [2.75, 3.05) is 13.2 Å². The molecule has 40 heavy (non-hydrogen) atoms. The minimum absolute atomic E-state index is 0. The summed E-state index contributed by atoms with van der Waals surface area (Å²) in [5.74, 6) is -1.91. The number of rotatable bonds is 28. The van der Waals surface area contributed by atoms with E-state index in [1.165, 1.54) is 96.3 Å². The van der Waals surface area contributed by atoms with Crippen molar-refractivity contribution >= 4 is 22.1 Å². The van der Waals surface area contributed by atoms with Crippen LogP contribution < -0.4 is 59.1 Å². The Balaban J connectivity index is -0.00000114. The molecular weight excluding hydrogens is 550 g/mol. The summed E-state index contributed by atoms with van der Waals surface area (Å²) in [5, 5.41) is -1.93. The maximum atomic E-state index is 12.2. The van der Waals surface area contributed by atoms with Crippen LogP contribution in [0.25, 0.3) is 0 Å². The van der Waals surface area contributed by atoms with Crippen molar-refractivity contribution in [2.24, 2.45) is 0 Å². The third-order valence-electron chi connectivity index (χ3n) is 6.98. The molecule has 1 unspecified atom stereocenters. The fourth-order valence-corrected chi connectivity index (χ4v) is 5.16. The van der Waals surface area contributed by atoms with Crippen LogP contribution in [0.3, 0.4) is 0 Å². The van der Waals surface area contributed by atoms with Gasteiger partial charge in [0.2, 0.25) is 0 Å². The molecule has 0 radical (unpaired) electrons. The average molecular weight is 611 g/mol. The Morgan fingerprint density at radius 1 is 0.575 bits per heavy atom. The molecule has 1 atom stereocenters. The number of esters is 2. The second-order valence-electron chi connectivity index (χ2n) is 10.7. The van der Waals surface area contributed by atoms with E-state index < -0.39 is 33.7 Å².